The van der Waals surface area contributed by atoms with Crippen LogP contribution in [0.15, 0.2) is 18.3 Å². The molecule has 0 spiro atoms. The van der Waals surface area contributed by atoms with E-state index in [4.69, 9.17) is 23.2 Å². The van der Waals surface area contributed by atoms with Gasteiger partial charge in [0.15, 0.2) is 11.3 Å². The summed E-state index contributed by atoms with van der Waals surface area (Å²) >= 11 is 12.0. The second-order valence-electron chi connectivity index (χ2n) is 5.13. The van der Waals surface area contributed by atoms with Crippen LogP contribution < -0.4 is 0 Å². The Morgan fingerprint density at radius 1 is 1.26 bits per heavy atom. The van der Waals surface area contributed by atoms with Crippen molar-refractivity contribution >= 4 is 40.3 Å². The van der Waals surface area contributed by atoms with Gasteiger partial charge in [-0.1, -0.05) is 23.2 Å². The quantitative estimate of drug-likeness (QED) is 0.781. The largest absolute Gasteiger partial charge is 0.477 e. The van der Waals surface area contributed by atoms with Crippen LogP contribution in [0.5, 0.6) is 0 Å². The SMILES string of the molecule is Cc1cc(C(=O)O)nc2c1nc(C)n2Cc1ncc(Cl)cc1Cl. The normalized spacial score (nSPS) is 11.1. The predicted molar refractivity (Wildman–Crippen MR) is 87.3 cm³/mol. The van der Waals surface area contributed by atoms with Crippen molar-refractivity contribution in [2.45, 2.75) is 20.4 Å². The zero-order valence-electron chi connectivity index (χ0n) is 12.3. The van der Waals surface area contributed by atoms with Crippen molar-refractivity contribution < 1.29 is 9.90 Å². The van der Waals surface area contributed by atoms with E-state index in [1.807, 2.05) is 6.92 Å². The Morgan fingerprint density at radius 2 is 2.00 bits per heavy atom. The van der Waals surface area contributed by atoms with Crippen LogP contribution in [0, 0.1) is 13.8 Å². The number of halogens is 2. The number of nitrogens with zero attached hydrogens (tertiary/aromatic N) is 4. The third-order valence-electron chi connectivity index (χ3n) is 3.50. The number of carbonyl (C=O) groups is 1. The molecule has 0 unspecified atom stereocenters. The molecule has 8 heteroatoms. The third kappa shape index (κ3) is 2.87. The van der Waals surface area contributed by atoms with E-state index in [1.54, 1.807) is 17.6 Å². The Balaban J connectivity index is 2.16. The molecule has 3 aromatic rings. The molecule has 0 saturated carbocycles. The highest BCUT2D eigenvalue weighted by Gasteiger charge is 2.17. The number of fused-ring (bicyclic) bond motifs is 1. The lowest BCUT2D eigenvalue weighted by molar-refractivity contribution is 0.0690. The van der Waals surface area contributed by atoms with Gasteiger partial charge in [0.05, 0.1) is 22.3 Å². The first-order valence-corrected chi connectivity index (χ1v) is 7.50. The molecule has 3 rings (SSSR count). The zero-order valence-corrected chi connectivity index (χ0v) is 13.9. The van der Waals surface area contributed by atoms with Crippen LogP contribution in [0.4, 0.5) is 0 Å². The summed E-state index contributed by atoms with van der Waals surface area (Å²) in [5, 5.41) is 10.1. The minimum absolute atomic E-state index is 0.0219. The molecule has 0 radical (unpaired) electrons. The molecule has 0 fully saturated rings. The molecule has 6 nitrogen and oxygen atoms in total. The lowest BCUT2D eigenvalue weighted by atomic mass is 10.2. The summed E-state index contributed by atoms with van der Waals surface area (Å²) in [5.74, 6) is -0.381. The number of pyridine rings is 2. The maximum absolute atomic E-state index is 11.2. The van der Waals surface area contributed by atoms with Gasteiger partial charge < -0.3 is 9.67 Å². The second kappa shape index (κ2) is 5.79. The lowest BCUT2D eigenvalue weighted by Gasteiger charge is -2.08. The molecule has 0 aliphatic carbocycles. The minimum atomic E-state index is -1.08. The Hall–Kier alpha value is -2.18. The number of aromatic nitrogens is 4. The zero-order chi connectivity index (χ0) is 16.7. The van der Waals surface area contributed by atoms with Gasteiger partial charge >= 0.3 is 5.97 Å². The Kier molecular flexibility index (Phi) is 3.95. The molecule has 0 aliphatic heterocycles. The van der Waals surface area contributed by atoms with Crippen molar-refractivity contribution in [3.63, 3.8) is 0 Å². The summed E-state index contributed by atoms with van der Waals surface area (Å²) in [4.78, 5) is 24.1. The number of carboxylic acid groups (broad SMARTS) is 1. The number of carboxylic acids is 1. The summed E-state index contributed by atoms with van der Waals surface area (Å²) in [6.07, 6.45) is 1.51. The summed E-state index contributed by atoms with van der Waals surface area (Å²) in [6.45, 7) is 3.96. The molecule has 118 valence electrons. The van der Waals surface area contributed by atoms with Gasteiger partial charge in [0.1, 0.15) is 11.3 Å². The van der Waals surface area contributed by atoms with Crippen molar-refractivity contribution in [1.29, 1.82) is 0 Å². The van der Waals surface area contributed by atoms with Gasteiger partial charge in [0.2, 0.25) is 0 Å². The smallest absolute Gasteiger partial charge is 0.354 e. The number of imidazole rings is 1. The number of aromatic carboxylic acids is 1. The van der Waals surface area contributed by atoms with Gasteiger partial charge in [-0.3, -0.25) is 4.98 Å². The number of rotatable bonds is 3. The van der Waals surface area contributed by atoms with Crippen LogP contribution in [-0.2, 0) is 6.54 Å². The standard InChI is InChI=1S/C15H12Cl2N4O2/c1-7-3-11(15(22)23)20-14-13(7)19-8(2)21(14)6-12-10(17)4-9(16)5-18-12/h3-5H,6H2,1-2H3,(H,22,23). The number of hydrogen-bond acceptors (Lipinski definition) is 4. The summed E-state index contributed by atoms with van der Waals surface area (Å²) < 4.78 is 1.79. The molecular weight excluding hydrogens is 339 g/mol. The fourth-order valence-electron chi connectivity index (χ4n) is 2.36. The van der Waals surface area contributed by atoms with Gasteiger partial charge in [0, 0.05) is 6.20 Å². The number of aryl methyl sites for hydroxylation is 2. The van der Waals surface area contributed by atoms with E-state index in [-0.39, 0.29) is 5.69 Å². The molecule has 0 bridgehead atoms. The Bertz CT molecular complexity index is 937. The molecule has 0 aliphatic rings. The highest BCUT2D eigenvalue weighted by molar-refractivity contribution is 6.34. The second-order valence-corrected chi connectivity index (χ2v) is 5.97. The van der Waals surface area contributed by atoms with Crippen LogP contribution in [-0.4, -0.2) is 30.6 Å². The van der Waals surface area contributed by atoms with Crippen LogP contribution in [0.3, 0.4) is 0 Å². The topological polar surface area (TPSA) is 80.9 Å². The first kappa shape index (κ1) is 15.7. The fraction of sp³-hybridized carbons (Fsp3) is 0.200. The highest BCUT2D eigenvalue weighted by atomic mass is 35.5. The average Bonchev–Trinajstić information content (AvgIpc) is 2.79. The Morgan fingerprint density at radius 3 is 2.65 bits per heavy atom. The van der Waals surface area contributed by atoms with Crippen molar-refractivity contribution in [2.24, 2.45) is 0 Å². The molecule has 23 heavy (non-hydrogen) atoms. The van der Waals surface area contributed by atoms with E-state index < -0.39 is 5.97 Å². The molecule has 1 N–H and O–H groups in total. The molecule has 0 aromatic carbocycles. The minimum Gasteiger partial charge on any atom is -0.477 e. The van der Waals surface area contributed by atoms with Gasteiger partial charge in [-0.15, -0.1) is 0 Å². The van der Waals surface area contributed by atoms with Crippen LogP contribution >= 0.6 is 23.2 Å². The third-order valence-corrected chi connectivity index (χ3v) is 4.03. The van der Waals surface area contributed by atoms with E-state index in [0.29, 0.717) is 39.3 Å². The number of hydrogen-bond donors (Lipinski definition) is 1. The van der Waals surface area contributed by atoms with E-state index in [0.717, 1.165) is 5.56 Å². The van der Waals surface area contributed by atoms with Crippen molar-refractivity contribution in [3.8, 4) is 0 Å². The molecular formula is C15H12Cl2N4O2. The van der Waals surface area contributed by atoms with Crippen LogP contribution in [0.1, 0.15) is 27.6 Å². The van der Waals surface area contributed by atoms with Crippen molar-refractivity contribution in [3.05, 3.63) is 51.2 Å². The van der Waals surface area contributed by atoms with Crippen LogP contribution in [0.25, 0.3) is 11.2 Å². The molecule has 3 aromatic heterocycles. The molecule has 3 heterocycles. The first-order valence-electron chi connectivity index (χ1n) is 6.74. The summed E-state index contributed by atoms with van der Waals surface area (Å²) in [7, 11) is 0. The van der Waals surface area contributed by atoms with E-state index >= 15 is 0 Å². The molecule has 0 amide bonds. The monoisotopic (exact) mass is 350 g/mol. The van der Waals surface area contributed by atoms with Gasteiger partial charge in [-0.2, -0.15) is 0 Å². The molecule has 0 atom stereocenters. The summed E-state index contributed by atoms with van der Waals surface area (Å²) in [5.41, 5.74) is 2.50. The van der Waals surface area contributed by atoms with E-state index in [9.17, 15) is 9.90 Å². The van der Waals surface area contributed by atoms with Gasteiger partial charge in [0.25, 0.3) is 0 Å². The highest BCUT2D eigenvalue weighted by Crippen LogP contribution is 2.23. The molecule has 0 saturated heterocycles. The first-order chi connectivity index (χ1) is 10.9. The van der Waals surface area contributed by atoms with E-state index in [2.05, 4.69) is 15.0 Å². The lowest BCUT2D eigenvalue weighted by Crippen LogP contribution is -2.07. The van der Waals surface area contributed by atoms with Crippen molar-refractivity contribution in [2.75, 3.05) is 0 Å². The van der Waals surface area contributed by atoms with E-state index in [1.165, 1.54) is 12.3 Å². The Labute approximate surface area is 141 Å². The maximum atomic E-state index is 11.2. The summed E-state index contributed by atoms with van der Waals surface area (Å²) in [6, 6.07) is 3.12. The maximum Gasteiger partial charge on any atom is 0.354 e. The van der Waals surface area contributed by atoms with Gasteiger partial charge in [-0.05, 0) is 31.5 Å². The predicted octanol–water partition coefficient (Wildman–Crippen LogP) is 3.50. The van der Waals surface area contributed by atoms with Crippen LogP contribution in [0.2, 0.25) is 10.0 Å². The fourth-order valence-corrected chi connectivity index (χ4v) is 2.80. The average molecular weight is 351 g/mol. The van der Waals surface area contributed by atoms with Crippen molar-refractivity contribution in [1.82, 2.24) is 19.5 Å². The van der Waals surface area contributed by atoms with Gasteiger partial charge in [-0.25, -0.2) is 14.8 Å².